The van der Waals surface area contributed by atoms with Crippen molar-refractivity contribution in [2.75, 3.05) is 9.80 Å². The highest BCUT2D eigenvalue weighted by Crippen LogP contribution is 2.65. The first kappa shape index (κ1) is 25.8. The van der Waals surface area contributed by atoms with Crippen LogP contribution < -0.4 is 9.80 Å². The van der Waals surface area contributed by atoms with Crippen molar-refractivity contribution in [1.29, 1.82) is 0 Å². The zero-order valence-corrected chi connectivity index (χ0v) is 25.8. The second-order valence-electron chi connectivity index (χ2n) is 12.1. The maximum Gasteiger partial charge on any atom is 0.0755 e. The van der Waals surface area contributed by atoms with Gasteiger partial charge >= 0.3 is 0 Å². The molecule has 7 aromatic carbocycles. The molecule has 0 saturated carbocycles. The van der Waals surface area contributed by atoms with E-state index < -0.39 is 5.41 Å². The molecule has 7 aromatic rings. The highest BCUT2D eigenvalue weighted by Gasteiger charge is 2.52. The van der Waals surface area contributed by atoms with Crippen LogP contribution in [0.5, 0.6) is 0 Å². The maximum atomic E-state index is 2.49. The number of fused-ring (bicyclic) bond motifs is 11. The van der Waals surface area contributed by atoms with Crippen LogP contribution in [0.3, 0.4) is 0 Å². The van der Waals surface area contributed by atoms with Gasteiger partial charge in [-0.15, -0.1) is 0 Å². The molecule has 1 spiro atoms. The smallest absolute Gasteiger partial charge is 0.0755 e. The minimum atomic E-state index is -0.482. The van der Waals surface area contributed by atoms with Crippen LogP contribution in [0.25, 0.3) is 11.1 Å². The SMILES string of the molecule is c1ccc(N2c3ccccc3C3(c4ccccc4-c4c(N5c6ccccc6Sc6ccccc65)cccc43)c3ccccc32)cc1. The van der Waals surface area contributed by atoms with Gasteiger partial charge in [0.15, 0.2) is 0 Å². The molecule has 3 heteroatoms. The Labute approximate surface area is 273 Å². The summed E-state index contributed by atoms with van der Waals surface area (Å²) < 4.78 is 0. The van der Waals surface area contributed by atoms with Crippen molar-refractivity contribution in [3.05, 3.63) is 192 Å². The van der Waals surface area contributed by atoms with Gasteiger partial charge in [-0.25, -0.2) is 0 Å². The highest BCUT2D eigenvalue weighted by molar-refractivity contribution is 7.99. The Morgan fingerprint density at radius 1 is 0.348 bits per heavy atom. The molecule has 1 aliphatic carbocycles. The maximum absolute atomic E-state index is 2.49. The molecule has 0 atom stereocenters. The van der Waals surface area contributed by atoms with Crippen LogP contribution in [-0.4, -0.2) is 0 Å². The summed E-state index contributed by atoms with van der Waals surface area (Å²) in [5, 5.41) is 0. The summed E-state index contributed by atoms with van der Waals surface area (Å²) in [6.45, 7) is 0. The zero-order chi connectivity index (χ0) is 30.2. The lowest BCUT2D eigenvalue weighted by atomic mass is 9.64. The highest BCUT2D eigenvalue weighted by atomic mass is 32.2. The van der Waals surface area contributed by atoms with E-state index in [1.165, 1.54) is 71.6 Å². The van der Waals surface area contributed by atoms with Gasteiger partial charge < -0.3 is 9.80 Å². The summed E-state index contributed by atoms with van der Waals surface area (Å²) in [6, 6.07) is 62.5. The van der Waals surface area contributed by atoms with Crippen molar-refractivity contribution in [3.63, 3.8) is 0 Å². The first-order valence-corrected chi connectivity index (χ1v) is 16.6. The average Bonchev–Trinajstić information content (AvgIpc) is 3.42. The topological polar surface area (TPSA) is 6.48 Å². The summed E-state index contributed by atoms with van der Waals surface area (Å²) in [7, 11) is 0. The lowest BCUT2D eigenvalue weighted by molar-refractivity contribution is 0.752. The summed E-state index contributed by atoms with van der Waals surface area (Å²) in [4.78, 5) is 7.47. The van der Waals surface area contributed by atoms with E-state index in [0.29, 0.717) is 0 Å². The zero-order valence-electron chi connectivity index (χ0n) is 25.0. The predicted octanol–water partition coefficient (Wildman–Crippen LogP) is 11.8. The monoisotopic (exact) mass is 604 g/mol. The fraction of sp³-hybridized carbons (Fsp3) is 0.0233. The number of hydrogen-bond donors (Lipinski definition) is 0. The number of nitrogens with zero attached hydrogens (tertiary/aromatic N) is 2. The predicted molar refractivity (Wildman–Crippen MR) is 191 cm³/mol. The van der Waals surface area contributed by atoms with E-state index in [0.717, 1.165) is 5.69 Å². The minimum absolute atomic E-state index is 0.482. The van der Waals surface area contributed by atoms with Crippen LogP contribution in [0.15, 0.2) is 180 Å². The van der Waals surface area contributed by atoms with Gasteiger partial charge in [0.25, 0.3) is 0 Å². The third kappa shape index (κ3) is 3.33. The molecular weight excluding hydrogens is 577 g/mol. The Morgan fingerprint density at radius 3 is 1.48 bits per heavy atom. The van der Waals surface area contributed by atoms with E-state index in [2.05, 4.69) is 180 Å². The third-order valence-electron chi connectivity index (χ3n) is 9.83. The normalized spacial score (nSPS) is 14.5. The van der Waals surface area contributed by atoms with Crippen LogP contribution in [0.1, 0.15) is 22.3 Å². The Bertz CT molecular complexity index is 2230. The molecular formula is C43H28N2S. The van der Waals surface area contributed by atoms with E-state index in [4.69, 9.17) is 0 Å². The van der Waals surface area contributed by atoms with Crippen molar-refractivity contribution in [1.82, 2.24) is 0 Å². The van der Waals surface area contributed by atoms with Gasteiger partial charge in [-0.1, -0.05) is 127 Å². The molecule has 0 bridgehead atoms. The number of hydrogen-bond acceptors (Lipinski definition) is 3. The molecule has 10 rings (SSSR count). The van der Waals surface area contributed by atoms with Crippen molar-refractivity contribution in [3.8, 4) is 11.1 Å². The first-order chi connectivity index (χ1) is 22.9. The van der Waals surface area contributed by atoms with Gasteiger partial charge in [-0.3, -0.25) is 0 Å². The molecule has 46 heavy (non-hydrogen) atoms. The Hall–Kier alpha value is -5.51. The molecule has 0 radical (unpaired) electrons. The van der Waals surface area contributed by atoms with Crippen molar-refractivity contribution >= 4 is 45.9 Å². The summed E-state index contributed by atoms with van der Waals surface area (Å²) in [5.41, 5.74) is 14.6. The second-order valence-corrected chi connectivity index (χ2v) is 13.2. The summed E-state index contributed by atoms with van der Waals surface area (Å²) in [5.74, 6) is 0. The molecule has 2 heterocycles. The molecule has 0 unspecified atom stereocenters. The molecule has 0 N–H and O–H groups in total. The number of para-hydroxylation sites is 5. The Balaban J connectivity index is 1.32. The fourth-order valence-corrected chi connectivity index (χ4v) is 9.20. The lowest BCUT2D eigenvalue weighted by Crippen LogP contribution is -2.36. The van der Waals surface area contributed by atoms with Crippen molar-refractivity contribution in [2.45, 2.75) is 15.2 Å². The van der Waals surface area contributed by atoms with Crippen molar-refractivity contribution < 1.29 is 0 Å². The van der Waals surface area contributed by atoms with Crippen molar-refractivity contribution in [2.24, 2.45) is 0 Å². The molecule has 0 aromatic heterocycles. The second kappa shape index (κ2) is 9.74. The van der Waals surface area contributed by atoms with E-state index >= 15 is 0 Å². The van der Waals surface area contributed by atoms with E-state index in [9.17, 15) is 0 Å². The summed E-state index contributed by atoms with van der Waals surface area (Å²) >= 11 is 1.85. The van der Waals surface area contributed by atoms with Crippen LogP contribution in [0, 0.1) is 0 Å². The van der Waals surface area contributed by atoms with Gasteiger partial charge in [0.1, 0.15) is 0 Å². The molecule has 0 amide bonds. The van der Waals surface area contributed by atoms with Gasteiger partial charge in [-0.2, -0.15) is 0 Å². The molecule has 2 nitrogen and oxygen atoms in total. The third-order valence-corrected chi connectivity index (χ3v) is 11.0. The molecule has 0 saturated heterocycles. The van der Waals surface area contributed by atoms with Crippen LogP contribution in [-0.2, 0) is 5.41 Å². The van der Waals surface area contributed by atoms with Crippen LogP contribution in [0.2, 0.25) is 0 Å². The van der Waals surface area contributed by atoms with Gasteiger partial charge in [0.2, 0.25) is 0 Å². The molecule has 216 valence electrons. The largest absolute Gasteiger partial charge is 0.310 e. The molecule has 3 aliphatic rings. The Morgan fingerprint density at radius 2 is 0.826 bits per heavy atom. The average molecular weight is 605 g/mol. The standard InChI is InChI=1S/C43H28N2S/c1-2-15-29(16-3-1)44-35-22-8-6-19-32(35)43(33-20-7-9-23-36(33)44)31-18-5-4-17-30(31)42-34(43)21-14-26-39(42)45-37-24-10-12-27-40(37)46-41-28-13-11-25-38(41)45/h1-28H. The molecule has 2 aliphatic heterocycles. The van der Waals surface area contributed by atoms with E-state index in [1.54, 1.807) is 0 Å². The van der Waals surface area contributed by atoms with Gasteiger partial charge in [0.05, 0.1) is 33.9 Å². The van der Waals surface area contributed by atoms with E-state index in [1.807, 2.05) is 11.8 Å². The lowest BCUT2D eigenvalue weighted by Gasteiger charge is -2.45. The minimum Gasteiger partial charge on any atom is -0.310 e. The van der Waals surface area contributed by atoms with Gasteiger partial charge in [-0.05, 0) is 82.4 Å². The van der Waals surface area contributed by atoms with E-state index in [-0.39, 0.29) is 0 Å². The number of rotatable bonds is 2. The quantitative estimate of drug-likeness (QED) is 0.194. The van der Waals surface area contributed by atoms with Gasteiger partial charge in [0, 0.05) is 21.0 Å². The van der Waals surface area contributed by atoms with Crippen LogP contribution in [0.4, 0.5) is 34.1 Å². The van der Waals surface area contributed by atoms with Crippen LogP contribution >= 0.6 is 11.8 Å². The summed E-state index contributed by atoms with van der Waals surface area (Å²) in [6.07, 6.45) is 0. The Kier molecular flexibility index (Phi) is 5.46. The molecule has 0 fully saturated rings. The first-order valence-electron chi connectivity index (χ1n) is 15.8. The number of benzene rings is 7. The number of anilines is 6. The fourth-order valence-electron chi connectivity index (χ4n) is 8.14.